The number of benzene rings is 1. The van der Waals surface area contributed by atoms with Crippen LogP contribution in [0.5, 0.6) is 0 Å². The minimum Gasteiger partial charge on any atom is -0.463 e. The molecule has 0 saturated carbocycles. The average Bonchev–Trinajstić information content (AvgIpc) is 2.68. The molecule has 1 aromatic carbocycles. The van der Waals surface area contributed by atoms with Crippen LogP contribution >= 0.6 is 0 Å². The van der Waals surface area contributed by atoms with Crippen LogP contribution in [0.15, 0.2) is 29.3 Å². The third kappa shape index (κ3) is 9.28. The fraction of sp³-hybridized carbons (Fsp3) is 0.619. The second-order valence-electron chi connectivity index (χ2n) is 6.61. The van der Waals surface area contributed by atoms with Gasteiger partial charge < -0.3 is 14.4 Å². The van der Waals surface area contributed by atoms with Crippen LogP contribution in [0.1, 0.15) is 50.9 Å². The maximum absolute atomic E-state index is 13.9. The van der Waals surface area contributed by atoms with Gasteiger partial charge in [0.15, 0.2) is 0 Å². The van der Waals surface area contributed by atoms with E-state index in [2.05, 4.69) is 24.2 Å². The number of hydrogen-bond donors (Lipinski definition) is 2. The van der Waals surface area contributed by atoms with E-state index < -0.39 is 11.7 Å². The highest BCUT2D eigenvalue weighted by Crippen LogP contribution is 2.07. The maximum atomic E-state index is 13.9. The lowest BCUT2D eigenvalue weighted by Crippen LogP contribution is -3.11. The number of hydrogen-bond acceptors (Lipinski definition) is 4. The van der Waals surface area contributed by atoms with E-state index in [9.17, 15) is 9.18 Å². The van der Waals surface area contributed by atoms with Crippen LogP contribution in [-0.2, 0) is 9.47 Å². The van der Waals surface area contributed by atoms with Gasteiger partial charge in [-0.3, -0.25) is 10.1 Å². The third-order valence-corrected chi connectivity index (χ3v) is 4.50. The van der Waals surface area contributed by atoms with Gasteiger partial charge >= 0.3 is 0 Å². The number of nitrogens with zero attached hydrogens (tertiary/aromatic N) is 1. The Balaban J connectivity index is 2.70. The fourth-order valence-electron chi connectivity index (χ4n) is 2.77. The molecule has 1 aromatic rings. The highest BCUT2D eigenvalue weighted by molar-refractivity contribution is 6.04. The number of amidine groups is 1. The summed E-state index contributed by atoms with van der Waals surface area (Å²) in [5.41, 5.74) is -0.0404. The van der Waals surface area contributed by atoms with Crippen molar-refractivity contribution in [1.82, 2.24) is 5.32 Å². The molecule has 158 valence electrons. The minimum atomic E-state index is -0.580. The van der Waals surface area contributed by atoms with Crippen molar-refractivity contribution in [3.63, 3.8) is 0 Å². The summed E-state index contributed by atoms with van der Waals surface area (Å²) in [5, 5.41) is 2.59. The Kier molecular flexibility index (Phi) is 12.1. The first-order valence-corrected chi connectivity index (χ1v) is 10.2. The van der Waals surface area contributed by atoms with Crippen molar-refractivity contribution in [1.29, 1.82) is 0 Å². The van der Waals surface area contributed by atoms with Gasteiger partial charge in [-0.15, -0.1) is 0 Å². The van der Waals surface area contributed by atoms with E-state index in [4.69, 9.17) is 9.47 Å². The van der Waals surface area contributed by atoms with Gasteiger partial charge in [-0.05, 0) is 52.7 Å². The normalized spacial score (nSPS) is 12.9. The molecule has 28 heavy (non-hydrogen) atoms. The predicted octanol–water partition coefficient (Wildman–Crippen LogP) is 2.06. The second-order valence-corrected chi connectivity index (χ2v) is 6.61. The highest BCUT2D eigenvalue weighted by atomic mass is 19.1. The summed E-state index contributed by atoms with van der Waals surface area (Å²) in [7, 11) is 0. The Morgan fingerprint density at radius 1 is 1.21 bits per heavy atom. The van der Waals surface area contributed by atoms with Crippen molar-refractivity contribution >= 4 is 11.9 Å². The van der Waals surface area contributed by atoms with Crippen molar-refractivity contribution in [2.24, 2.45) is 4.99 Å². The van der Waals surface area contributed by atoms with Gasteiger partial charge in [-0.1, -0.05) is 12.1 Å². The zero-order chi connectivity index (χ0) is 20.8. The number of rotatable bonds is 12. The summed E-state index contributed by atoms with van der Waals surface area (Å²) < 4.78 is 24.7. The van der Waals surface area contributed by atoms with E-state index in [1.165, 1.54) is 12.1 Å². The molecule has 0 aromatic heterocycles. The number of halogens is 1. The standard InChI is InChI=1S/C21H34FN3O3/c1-5-25(6-2)14-10-11-17(4)23-21(28-16-15-27-7-3)24-20(26)18-12-8-9-13-19(18)22/h8-9,12-13,17H,5-7,10-11,14-16H2,1-4H3,(H,23,24,26)/p+1/t17-/m0/s1. The van der Waals surface area contributed by atoms with Crippen LogP contribution in [0.2, 0.25) is 0 Å². The Hall–Kier alpha value is -1.99. The molecule has 0 radical (unpaired) electrons. The Labute approximate surface area is 168 Å². The number of quaternary nitrogens is 1. The predicted molar refractivity (Wildman–Crippen MR) is 109 cm³/mol. The van der Waals surface area contributed by atoms with Gasteiger partial charge in [0, 0.05) is 6.61 Å². The van der Waals surface area contributed by atoms with Crippen LogP contribution in [-0.4, -0.2) is 57.4 Å². The summed E-state index contributed by atoms with van der Waals surface area (Å²) in [6.07, 6.45) is 1.92. The van der Waals surface area contributed by atoms with Crippen LogP contribution in [0.25, 0.3) is 0 Å². The number of nitrogens with one attached hydrogen (secondary N) is 2. The molecule has 2 N–H and O–H groups in total. The SMILES string of the molecule is CCOCCOC(=N[C@@H](C)CCC[NH+](CC)CC)NC(=O)c1ccccc1F. The Morgan fingerprint density at radius 2 is 1.93 bits per heavy atom. The van der Waals surface area contributed by atoms with Gasteiger partial charge in [0.25, 0.3) is 11.9 Å². The zero-order valence-corrected chi connectivity index (χ0v) is 17.6. The number of ether oxygens (including phenoxy) is 2. The van der Waals surface area contributed by atoms with Crippen molar-refractivity contribution in [2.75, 3.05) is 39.5 Å². The molecule has 1 amide bonds. The summed E-state index contributed by atoms with van der Waals surface area (Å²) in [5.74, 6) is -1.16. The van der Waals surface area contributed by atoms with Gasteiger partial charge in [0.2, 0.25) is 0 Å². The molecule has 6 nitrogen and oxygen atoms in total. The van der Waals surface area contributed by atoms with E-state index in [0.29, 0.717) is 13.2 Å². The second kappa shape index (κ2) is 14.1. The molecule has 0 aliphatic carbocycles. The molecule has 0 bridgehead atoms. The lowest BCUT2D eigenvalue weighted by Gasteiger charge is -2.17. The molecule has 0 spiro atoms. The molecule has 0 unspecified atom stereocenters. The van der Waals surface area contributed by atoms with Crippen molar-refractivity contribution in [3.05, 3.63) is 35.6 Å². The summed E-state index contributed by atoms with van der Waals surface area (Å²) >= 11 is 0. The van der Waals surface area contributed by atoms with E-state index in [1.54, 1.807) is 17.0 Å². The van der Waals surface area contributed by atoms with Crippen molar-refractivity contribution < 1.29 is 23.6 Å². The smallest absolute Gasteiger partial charge is 0.292 e. The summed E-state index contributed by atoms with van der Waals surface area (Å²) in [4.78, 5) is 18.4. The lowest BCUT2D eigenvalue weighted by molar-refractivity contribution is -0.896. The van der Waals surface area contributed by atoms with Crippen LogP contribution in [0.4, 0.5) is 4.39 Å². The van der Waals surface area contributed by atoms with Crippen molar-refractivity contribution in [2.45, 2.75) is 46.6 Å². The first-order chi connectivity index (χ1) is 13.5. The molecule has 1 atom stereocenters. The third-order valence-electron chi connectivity index (χ3n) is 4.50. The lowest BCUT2D eigenvalue weighted by atomic mass is 10.2. The van der Waals surface area contributed by atoms with E-state index in [0.717, 1.165) is 32.5 Å². The molecule has 0 fully saturated rings. The number of carbonyl (C=O) groups excluding carboxylic acids is 1. The van der Waals surface area contributed by atoms with E-state index >= 15 is 0 Å². The van der Waals surface area contributed by atoms with Crippen molar-refractivity contribution in [3.8, 4) is 0 Å². The minimum absolute atomic E-state index is 0.0158. The average molecular weight is 397 g/mol. The Bertz CT molecular complexity index is 606. The highest BCUT2D eigenvalue weighted by Gasteiger charge is 2.15. The monoisotopic (exact) mass is 396 g/mol. The van der Waals surface area contributed by atoms with Gasteiger partial charge in [-0.2, -0.15) is 0 Å². The summed E-state index contributed by atoms with van der Waals surface area (Å²) in [6, 6.07) is 5.93. The molecule has 0 aliphatic heterocycles. The van der Waals surface area contributed by atoms with Gasteiger partial charge in [-0.25, -0.2) is 9.38 Å². The summed E-state index contributed by atoms with van der Waals surface area (Å²) in [6.45, 7) is 12.8. The van der Waals surface area contributed by atoms with Crippen LogP contribution in [0, 0.1) is 5.82 Å². The maximum Gasteiger partial charge on any atom is 0.292 e. The molecule has 0 heterocycles. The number of carbonyl (C=O) groups is 1. The quantitative estimate of drug-likeness (QED) is 0.323. The first-order valence-electron chi connectivity index (χ1n) is 10.2. The molecule has 0 saturated heterocycles. The number of aliphatic imine (C=N–C) groups is 1. The van der Waals surface area contributed by atoms with Crippen LogP contribution in [0.3, 0.4) is 0 Å². The zero-order valence-electron chi connectivity index (χ0n) is 17.6. The molecule has 7 heteroatoms. The first kappa shape index (κ1) is 24.0. The number of amides is 1. The fourth-order valence-corrected chi connectivity index (χ4v) is 2.77. The van der Waals surface area contributed by atoms with Gasteiger partial charge in [0.1, 0.15) is 12.4 Å². The molecule has 1 rings (SSSR count). The van der Waals surface area contributed by atoms with E-state index in [1.807, 2.05) is 13.8 Å². The molecular formula is C21H35FN3O3+. The Morgan fingerprint density at radius 3 is 2.57 bits per heavy atom. The molecule has 0 aliphatic rings. The van der Waals surface area contributed by atoms with Gasteiger partial charge in [0.05, 0.1) is 37.8 Å². The topological polar surface area (TPSA) is 64.4 Å². The van der Waals surface area contributed by atoms with E-state index in [-0.39, 0.29) is 24.2 Å². The molecular weight excluding hydrogens is 361 g/mol. The largest absolute Gasteiger partial charge is 0.463 e. The van der Waals surface area contributed by atoms with Crippen LogP contribution < -0.4 is 10.2 Å².